The van der Waals surface area contributed by atoms with E-state index in [9.17, 15) is 0 Å². The van der Waals surface area contributed by atoms with Gasteiger partial charge in [0.25, 0.3) is 0 Å². The van der Waals surface area contributed by atoms with Crippen LogP contribution >= 0.6 is 0 Å². The Morgan fingerprint density at radius 2 is 2.31 bits per heavy atom. The third kappa shape index (κ3) is 1.58. The van der Waals surface area contributed by atoms with Crippen molar-refractivity contribution in [2.45, 2.75) is 20.4 Å². The quantitative estimate of drug-likeness (QED) is 0.686. The normalized spacial score (nSPS) is 10.6. The Morgan fingerprint density at radius 3 is 2.85 bits per heavy atom. The van der Waals surface area contributed by atoms with Crippen LogP contribution in [0.25, 0.3) is 0 Å². The average molecular weight is 178 g/mol. The van der Waals surface area contributed by atoms with Crippen LogP contribution in [0.15, 0.2) is 16.9 Å². The fourth-order valence-corrected chi connectivity index (χ4v) is 1.18. The second-order valence-electron chi connectivity index (χ2n) is 2.85. The molecule has 0 bridgehead atoms. The number of rotatable bonds is 2. The number of aryl methyl sites for hydroxylation is 2. The Kier molecular flexibility index (Phi) is 1.84. The van der Waals surface area contributed by atoms with Crippen molar-refractivity contribution in [3.63, 3.8) is 0 Å². The molecule has 0 atom stereocenters. The molecule has 0 radical (unpaired) electrons. The lowest BCUT2D eigenvalue weighted by atomic mass is 10.4. The Balaban J connectivity index is 2.23. The molecule has 5 nitrogen and oxygen atoms in total. The van der Waals surface area contributed by atoms with Gasteiger partial charge in [0.1, 0.15) is 23.6 Å². The van der Waals surface area contributed by atoms with Crippen molar-refractivity contribution in [1.82, 2.24) is 19.9 Å². The summed E-state index contributed by atoms with van der Waals surface area (Å²) in [6, 6.07) is 1.82. The minimum absolute atomic E-state index is 0.614. The maximum absolute atomic E-state index is 4.72. The lowest BCUT2D eigenvalue weighted by Crippen LogP contribution is -2.04. The average Bonchev–Trinajstić information content (AvgIpc) is 2.63. The van der Waals surface area contributed by atoms with Gasteiger partial charge >= 0.3 is 0 Å². The van der Waals surface area contributed by atoms with Crippen molar-refractivity contribution >= 4 is 0 Å². The summed E-state index contributed by atoms with van der Waals surface area (Å²) < 4.78 is 6.52. The molecular formula is C8H10N4O. The summed E-state index contributed by atoms with van der Waals surface area (Å²) >= 11 is 0. The highest BCUT2D eigenvalue weighted by molar-refractivity contribution is 4.98. The van der Waals surface area contributed by atoms with Crippen LogP contribution in [0.1, 0.15) is 17.3 Å². The Bertz CT molecular complexity index is 390. The fourth-order valence-electron chi connectivity index (χ4n) is 1.18. The van der Waals surface area contributed by atoms with Gasteiger partial charge in [0.05, 0.1) is 6.54 Å². The second-order valence-corrected chi connectivity index (χ2v) is 2.85. The van der Waals surface area contributed by atoms with Crippen molar-refractivity contribution < 1.29 is 4.52 Å². The summed E-state index contributed by atoms with van der Waals surface area (Å²) in [5.41, 5.74) is 0.855. The molecule has 0 amide bonds. The van der Waals surface area contributed by atoms with Gasteiger partial charge < -0.3 is 4.52 Å². The zero-order valence-electron chi connectivity index (χ0n) is 7.56. The van der Waals surface area contributed by atoms with Crippen molar-refractivity contribution in [1.29, 1.82) is 0 Å². The van der Waals surface area contributed by atoms with Crippen LogP contribution in [0, 0.1) is 13.8 Å². The summed E-state index contributed by atoms with van der Waals surface area (Å²) in [6.07, 6.45) is 1.55. The molecule has 2 aromatic heterocycles. The van der Waals surface area contributed by atoms with Crippen LogP contribution in [0.4, 0.5) is 0 Å². The maximum Gasteiger partial charge on any atom is 0.147 e. The molecule has 0 fully saturated rings. The number of aromatic nitrogens is 4. The topological polar surface area (TPSA) is 56.7 Å². The minimum Gasteiger partial charge on any atom is -0.364 e. The minimum atomic E-state index is 0.614. The lowest BCUT2D eigenvalue weighted by Gasteiger charge is -1.97. The number of hydrogen-bond acceptors (Lipinski definition) is 4. The van der Waals surface area contributed by atoms with Gasteiger partial charge in [-0.05, 0) is 13.8 Å². The summed E-state index contributed by atoms with van der Waals surface area (Å²) in [6.45, 7) is 4.40. The molecular weight excluding hydrogens is 168 g/mol. The van der Waals surface area contributed by atoms with E-state index < -0.39 is 0 Å². The van der Waals surface area contributed by atoms with Crippen LogP contribution in [0.5, 0.6) is 0 Å². The van der Waals surface area contributed by atoms with Gasteiger partial charge in [0, 0.05) is 6.07 Å². The molecule has 2 heterocycles. The first-order valence-electron chi connectivity index (χ1n) is 4.03. The Hall–Kier alpha value is -1.65. The third-order valence-corrected chi connectivity index (χ3v) is 1.77. The van der Waals surface area contributed by atoms with Crippen molar-refractivity contribution in [2.24, 2.45) is 0 Å². The highest BCUT2D eigenvalue weighted by atomic mass is 16.5. The molecule has 2 aromatic rings. The van der Waals surface area contributed by atoms with Gasteiger partial charge in [-0.1, -0.05) is 5.16 Å². The van der Waals surface area contributed by atoms with Crippen LogP contribution in [0.2, 0.25) is 0 Å². The van der Waals surface area contributed by atoms with E-state index in [-0.39, 0.29) is 0 Å². The molecule has 0 aliphatic heterocycles. The standard InChI is InChI=1S/C8H10N4O/c1-6-9-7(2)12(10-6)5-8-3-4-13-11-8/h3-4H,5H2,1-2H3. The van der Waals surface area contributed by atoms with Gasteiger partial charge in [-0.2, -0.15) is 5.10 Å². The highest BCUT2D eigenvalue weighted by Gasteiger charge is 2.04. The van der Waals surface area contributed by atoms with Gasteiger partial charge in [0.15, 0.2) is 0 Å². The molecule has 0 aromatic carbocycles. The smallest absolute Gasteiger partial charge is 0.147 e. The largest absolute Gasteiger partial charge is 0.364 e. The second kappa shape index (κ2) is 3.01. The third-order valence-electron chi connectivity index (χ3n) is 1.77. The van der Waals surface area contributed by atoms with E-state index in [1.165, 1.54) is 0 Å². The van der Waals surface area contributed by atoms with Gasteiger partial charge in [0.2, 0.25) is 0 Å². The summed E-state index contributed by atoms with van der Waals surface area (Å²) in [5.74, 6) is 1.67. The van der Waals surface area contributed by atoms with Gasteiger partial charge in [-0.3, -0.25) is 0 Å². The molecule has 13 heavy (non-hydrogen) atoms. The first kappa shape index (κ1) is 7.97. The van der Waals surface area contributed by atoms with E-state index in [1.807, 2.05) is 19.9 Å². The molecule has 2 rings (SSSR count). The fraction of sp³-hybridized carbons (Fsp3) is 0.375. The van der Waals surface area contributed by atoms with Crippen molar-refractivity contribution in [3.8, 4) is 0 Å². The molecule has 0 aliphatic rings. The Morgan fingerprint density at radius 1 is 1.46 bits per heavy atom. The molecule has 0 saturated carbocycles. The van der Waals surface area contributed by atoms with Crippen molar-refractivity contribution in [3.05, 3.63) is 29.7 Å². The molecule has 0 N–H and O–H groups in total. The number of nitrogens with zero attached hydrogens (tertiary/aromatic N) is 4. The predicted molar refractivity (Wildman–Crippen MR) is 45.1 cm³/mol. The first-order chi connectivity index (χ1) is 6.25. The zero-order valence-corrected chi connectivity index (χ0v) is 7.56. The molecule has 5 heteroatoms. The molecule has 0 aliphatic carbocycles. The van der Waals surface area contributed by atoms with Gasteiger partial charge in [-0.25, -0.2) is 9.67 Å². The molecule has 0 spiro atoms. The Labute approximate surface area is 75.4 Å². The van der Waals surface area contributed by atoms with Crippen LogP contribution < -0.4 is 0 Å². The van der Waals surface area contributed by atoms with Crippen LogP contribution in [0.3, 0.4) is 0 Å². The SMILES string of the molecule is Cc1nc(C)n(Cc2ccon2)n1. The van der Waals surface area contributed by atoms with E-state index in [2.05, 4.69) is 15.2 Å². The molecule has 68 valence electrons. The van der Waals surface area contributed by atoms with Crippen LogP contribution in [-0.4, -0.2) is 19.9 Å². The summed E-state index contributed by atoms with van der Waals surface area (Å²) in [7, 11) is 0. The maximum atomic E-state index is 4.72. The summed E-state index contributed by atoms with van der Waals surface area (Å²) in [4.78, 5) is 4.19. The highest BCUT2D eigenvalue weighted by Crippen LogP contribution is 2.01. The van der Waals surface area contributed by atoms with E-state index in [0.29, 0.717) is 6.54 Å². The van der Waals surface area contributed by atoms with Gasteiger partial charge in [-0.15, -0.1) is 0 Å². The van der Waals surface area contributed by atoms with Crippen LogP contribution in [-0.2, 0) is 6.54 Å². The lowest BCUT2D eigenvalue weighted by molar-refractivity contribution is 0.407. The monoisotopic (exact) mass is 178 g/mol. The van der Waals surface area contributed by atoms with E-state index >= 15 is 0 Å². The van der Waals surface area contributed by atoms with E-state index in [4.69, 9.17) is 4.52 Å². The van der Waals surface area contributed by atoms with E-state index in [1.54, 1.807) is 10.9 Å². The predicted octanol–water partition coefficient (Wildman–Crippen LogP) is 0.931. The van der Waals surface area contributed by atoms with E-state index in [0.717, 1.165) is 17.3 Å². The summed E-state index contributed by atoms with van der Waals surface area (Å²) in [5, 5.41) is 8.01. The van der Waals surface area contributed by atoms with Crippen molar-refractivity contribution in [2.75, 3.05) is 0 Å². The molecule has 0 unspecified atom stereocenters. The number of hydrogen-bond donors (Lipinski definition) is 0. The first-order valence-corrected chi connectivity index (χ1v) is 4.03. The zero-order chi connectivity index (χ0) is 9.26. The molecule has 0 saturated heterocycles.